The number of nitrogens with one attached hydrogen (secondary N) is 1. The third kappa shape index (κ3) is 5.33. The summed E-state index contributed by atoms with van der Waals surface area (Å²) in [5.41, 5.74) is 5.77. The smallest absolute Gasteiger partial charge is 0.262 e. The van der Waals surface area contributed by atoms with Crippen LogP contribution < -0.4 is 19.8 Å². The van der Waals surface area contributed by atoms with E-state index in [4.69, 9.17) is 14.8 Å². The number of anilines is 2. The average molecular weight is 528 g/mol. The maximum absolute atomic E-state index is 11.9. The third-order valence-electron chi connectivity index (χ3n) is 6.31. The summed E-state index contributed by atoms with van der Waals surface area (Å²) >= 11 is 1.45. The Bertz CT molecular complexity index is 1570. The number of phenols is 1. The van der Waals surface area contributed by atoms with E-state index in [1.54, 1.807) is 17.0 Å². The molecule has 1 amide bonds. The summed E-state index contributed by atoms with van der Waals surface area (Å²) in [5, 5.41) is 20.3. The maximum Gasteiger partial charge on any atom is 0.262 e. The highest BCUT2D eigenvalue weighted by atomic mass is 32.1. The van der Waals surface area contributed by atoms with E-state index in [0.717, 1.165) is 41.3 Å². The summed E-state index contributed by atoms with van der Waals surface area (Å²) in [5.74, 6) is 0.590. The van der Waals surface area contributed by atoms with E-state index in [9.17, 15) is 9.90 Å². The second-order valence-corrected chi connectivity index (χ2v) is 9.71. The molecule has 1 aliphatic heterocycles. The molecule has 5 rings (SSSR count). The summed E-state index contributed by atoms with van der Waals surface area (Å²) < 4.78 is 7.26. The number of hydrogen-bond acceptors (Lipinski definition) is 7. The highest BCUT2D eigenvalue weighted by Gasteiger charge is 2.18. The molecule has 0 aliphatic carbocycles. The quantitative estimate of drug-likeness (QED) is 0.310. The molecule has 0 unspecified atom stereocenters. The molecule has 8 nitrogen and oxygen atoms in total. The van der Waals surface area contributed by atoms with Gasteiger partial charge in [0.15, 0.2) is 6.61 Å². The number of hydrogen-bond donors (Lipinski definition) is 2. The maximum atomic E-state index is 11.9. The van der Waals surface area contributed by atoms with Gasteiger partial charge in [-0.2, -0.15) is 5.10 Å². The van der Waals surface area contributed by atoms with Crippen molar-refractivity contribution in [1.82, 2.24) is 4.68 Å². The molecule has 38 heavy (non-hydrogen) atoms. The lowest BCUT2D eigenvalue weighted by atomic mass is 10.1. The molecule has 1 aliphatic rings. The monoisotopic (exact) mass is 527 g/mol. The van der Waals surface area contributed by atoms with Crippen LogP contribution in [0, 0.1) is 6.92 Å². The van der Waals surface area contributed by atoms with E-state index in [0.29, 0.717) is 21.8 Å². The molecule has 0 spiro atoms. The van der Waals surface area contributed by atoms with Gasteiger partial charge in [-0.3, -0.25) is 4.79 Å². The first-order chi connectivity index (χ1) is 18.4. The summed E-state index contributed by atoms with van der Waals surface area (Å²) in [6.45, 7) is 7.92. The lowest BCUT2D eigenvalue weighted by Gasteiger charge is -2.21. The second-order valence-electron chi connectivity index (χ2n) is 8.87. The van der Waals surface area contributed by atoms with Crippen LogP contribution in [-0.2, 0) is 4.79 Å². The van der Waals surface area contributed by atoms with Crippen LogP contribution in [0.5, 0.6) is 11.5 Å². The fourth-order valence-corrected chi connectivity index (χ4v) is 5.06. The van der Waals surface area contributed by atoms with Gasteiger partial charge in [0.2, 0.25) is 4.80 Å². The Kier molecular flexibility index (Phi) is 7.28. The first-order valence-corrected chi connectivity index (χ1v) is 13.3. The molecule has 0 atom stereocenters. The summed E-state index contributed by atoms with van der Waals surface area (Å²) in [6.07, 6.45) is 1.63. The fourth-order valence-electron chi connectivity index (χ4n) is 4.21. The minimum atomic E-state index is -0.190. The Morgan fingerprint density at radius 1 is 1.11 bits per heavy atom. The molecule has 2 heterocycles. The molecular weight excluding hydrogens is 498 g/mol. The Labute approximate surface area is 225 Å². The van der Waals surface area contributed by atoms with Crippen molar-refractivity contribution in [3.63, 3.8) is 0 Å². The van der Waals surface area contributed by atoms with Gasteiger partial charge in [-0.05, 0) is 63.2 Å². The van der Waals surface area contributed by atoms with Crippen LogP contribution in [0.2, 0.25) is 0 Å². The van der Waals surface area contributed by atoms with Crippen molar-refractivity contribution in [2.45, 2.75) is 20.8 Å². The minimum absolute atomic E-state index is 0.00518. The van der Waals surface area contributed by atoms with Crippen LogP contribution in [0.3, 0.4) is 0 Å². The Morgan fingerprint density at radius 2 is 1.89 bits per heavy atom. The molecule has 3 aromatic carbocycles. The number of aromatic hydroxyl groups is 1. The predicted molar refractivity (Wildman–Crippen MR) is 153 cm³/mol. The standard InChI is InChI=1S/C29H29N5O3S/c1-4-33(5-2)23-12-8-21(26(35)15-23)16-30-34-25(18-38-29(34)31-22-10-6-19(3)7-11-22)20-9-13-27-24(14-20)32-28(36)17-37-27/h6-16,18,35H,4-5,17H2,1-3H3,(H,32,36). The molecule has 2 N–H and O–H groups in total. The van der Waals surface area contributed by atoms with Gasteiger partial charge >= 0.3 is 0 Å². The van der Waals surface area contributed by atoms with Gasteiger partial charge in [-0.25, -0.2) is 9.67 Å². The van der Waals surface area contributed by atoms with Crippen molar-refractivity contribution in [2.24, 2.45) is 10.1 Å². The number of thiazole rings is 1. The number of nitrogens with zero attached hydrogens (tertiary/aromatic N) is 4. The highest BCUT2D eigenvalue weighted by Crippen LogP contribution is 2.33. The molecule has 4 aromatic rings. The number of phenolic OH excluding ortho intramolecular Hbond substituents is 1. The van der Waals surface area contributed by atoms with E-state index in [1.807, 2.05) is 66.9 Å². The molecule has 9 heteroatoms. The van der Waals surface area contributed by atoms with Crippen LogP contribution in [0.4, 0.5) is 17.1 Å². The number of aryl methyl sites for hydroxylation is 1. The number of fused-ring (bicyclic) bond motifs is 1. The zero-order valence-corrected chi connectivity index (χ0v) is 22.3. The summed E-state index contributed by atoms with van der Waals surface area (Å²) in [4.78, 5) is 19.5. The van der Waals surface area contributed by atoms with Gasteiger partial charge in [0.25, 0.3) is 5.91 Å². The lowest BCUT2D eigenvalue weighted by molar-refractivity contribution is -0.118. The average Bonchev–Trinajstić information content (AvgIpc) is 3.32. The van der Waals surface area contributed by atoms with Gasteiger partial charge in [-0.1, -0.05) is 17.7 Å². The molecule has 0 radical (unpaired) electrons. The Morgan fingerprint density at radius 3 is 2.63 bits per heavy atom. The number of amides is 1. The fraction of sp³-hybridized carbons (Fsp3) is 0.207. The van der Waals surface area contributed by atoms with E-state index in [-0.39, 0.29) is 18.3 Å². The van der Waals surface area contributed by atoms with E-state index in [2.05, 4.69) is 24.1 Å². The zero-order chi connectivity index (χ0) is 26.6. The Hall–Kier alpha value is -4.37. The van der Waals surface area contributed by atoms with Crippen LogP contribution in [0.1, 0.15) is 25.0 Å². The number of rotatable bonds is 7. The van der Waals surface area contributed by atoms with Crippen LogP contribution >= 0.6 is 11.3 Å². The van der Waals surface area contributed by atoms with Crippen LogP contribution in [0.25, 0.3) is 11.3 Å². The molecule has 0 saturated carbocycles. The van der Waals surface area contributed by atoms with Crippen molar-refractivity contribution in [3.8, 4) is 22.8 Å². The van der Waals surface area contributed by atoms with E-state index >= 15 is 0 Å². The number of aromatic nitrogens is 1. The van der Waals surface area contributed by atoms with Crippen LogP contribution in [0.15, 0.2) is 76.1 Å². The molecular formula is C29H29N5O3S. The highest BCUT2D eigenvalue weighted by molar-refractivity contribution is 7.07. The molecule has 194 valence electrons. The van der Waals surface area contributed by atoms with Crippen molar-refractivity contribution in [3.05, 3.63) is 82.0 Å². The van der Waals surface area contributed by atoms with Crippen molar-refractivity contribution >= 4 is 40.5 Å². The number of carbonyl (C=O) groups excluding carboxylic acids is 1. The van der Waals surface area contributed by atoms with Gasteiger partial charge in [0, 0.05) is 41.4 Å². The number of carbonyl (C=O) groups is 1. The summed E-state index contributed by atoms with van der Waals surface area (Å²) in [7, 11) is 0. The second kappa shape index (κ2) is 10.9. The predicted octanol–water partition coefficient (Wildman–Crippen LogP) is 5.52. The van der Waals surface area contributed by atoms with Crippen molar-refractivity contribution in [1.29, 1.82) is 0 Å². The molecule has 1 aromatic heterocycles. The SMILES string of the molecule is CCN(CC)c1ccc(C=Nn2c(-c3ccc4c(c3)NC(=O)CO4)csc2=Nc2ccc(C)cc2)c(O)c1. The number of benzene rings is 3. The van der Waals surface area contributed by atoms with Gasteiger partial charge < -0.3 is 20.1 Å². The van der Waals surface area contributed by atoms with Gasteiger partial charge in [-0.15, -0.1) is 11.3 Å². The zero-order valence-electron chi connectivity index (χ0n) is 21.5. The van der Waals surface area contributed by atoms with Crippen molar-refractivity contribution in [2.75, 3.05) is 29.9 Å². The van der Waals surface area contributed by atoms with Gasteiger partial charge in [0.1, 0.15) is 11.5 Å². The van der Waals surface area contributed by atoms with Crippen LogP contribution in [-0.4, -0.2) is 41.6 Å². The van der Waals surface area contributed by atoms with Crippen molar-refractivity contribution < 1.29 is 14.6 Å². The Balaban J connectivity index is 1.58. The summed E-state index contributed by atoms with van der Waals surface area (Å²) in [6, 6.07) is 19.2. The number of ether oxygens (including phenoxy) is 1. The van der Waals surface area contributed by atoms with E-state index < -0.39 is 0 Å². The normalized spacial score (nSPS) is 13.3. The van der Waals surface area contributed by atoms with Gasteiger partial charge in [0.05, 0.1) is 23.3 Å². The third-order valence-corrected chi connectivity index (χ3v) is 7.12. The lowest BCUT2D eigenvalue weighted by Crippen LogP contribution is -2.25. The molecule has 0 bridgehead atoms. The largest absolute Gasteiger partial charge is 0.507 e. The first kappa shape index (κ1) is 25.3. The van der Waals surface area contributed by atoms with E-state index in [1.165, 1.54) is 11.3 Å². The minimum Gasteiger partial charge on any atom is -0.507 e. The topological polar surface area (TPSA) is 91.5 Å². The molecule has 0 fully saturated rings. The first-order valence-electron chi connectivity index (χ1n) is 12.5. The molecule has 0 saturated heterocycles.